The maximum absolute atomic E-state index is 10.7. The summed E-state index contributed by atoms with van der Waals surface area (Å²) in [5.41, 5.74) is 7.23. The minimum absolute atomic E-state index is 0.238. The quantitative estimate of drug-likeness (QED) is 0.705. The molecule has 1 rings (SSSR count). The predicted octanol–water partition coefficient (Wildman–Crippen LogP) is 1.03. The number of nitrogen functional groups attached to an aromatic ring is 1. The number of hydrogen-bond donors (Lipinski definition) is 2. The van der Waals surface area contributed by atoms with Crippen LogP contribution in [-0.4, -0.2) is 30.1 Å². The molecule has 0 radical (unpaired) electrons. The smallest absolute Gasteiger partial charge is 0.335 e. The van der Waals surface area contributed by atoms with Crippen LogP contribution in [0.4, 0.5) is 5.69 Å². The van der Waals surface area contributed by atoms with E-state index in [-0.39, 0.29) is 5.56 Å². The second kappa shape index (κ2) is 4.11. The number of aromatic carboxylic acids is 1. The lowest BCUT2D eigenvalue weighted by Gasteiger charge is -2.10. The van der Waals surface area contributed by atoms with E-state index in [2.05, 4.69) is 0 Å². The number of nitrogens with zero attached hydrogens (tertiary/aromatic N) is 1. The summed E-state index contributed by atoms with van der Waals surface area (Å²) in [6, 6.07) is 4.88. The highest BCUT2D eigenvalue weighted by atomic mass is 16.4. The summed E-state index contributed by atoms with van der Waals surface area (Å²) in [7, 11) is 3.84. The van der Waals surface area contributed by atoms with Gasteiger partial charge in [-0.1, -0.05) is 0 Å². The normalized spacial score (nSPS) is 10.5. The molecule has 0 fully saturated rings. The number of rotatable bonds is 3. The van der Waals surface area contributed by atoms with Crippen LogP contribution in [0.1, 0.15) is 15.9 Å². The fourth-order valence-corrected chi connectivity index (χ4v) is 1.30. The molecule has 0 aliphatic carbocycles. The lowest BCUT2D eigenvalue weighted by atomic mass is 10.1. The van der Waals surface area contributed by atoms with E-state index in [4.69, 9.17) is 10.8 Å². The van der Waals surface area contributed by atoms with Gasteiger partial charge in [0.05, 0.1) is 5.56 Å². The van der Waals surface area contributed by atoms with Crippen LogP contribution >= 0.6 is 0 Å². The Balaban J connectivity index is 3.01. The first-order chi connectivity index (χ1) is 6.49. The van der Waals surface area contributed by atoms with Crippen molar-refractivity contribution in [1.29, 1.82) is 0 Å². The number of anilines is 1. The minimum Gasteiger partial charge on any atom is -0.478 e. The van der Waals surface area contributed by atoms with Crippen molar-refractivity contribution in [2.24, 2.45) is 0 Å². The standard InChI is InChI=1S/C10H14N2O2/c1-12(2)6-7-3-8(10(13)14)5-9(11)4-7/h3-5H,6,11H2,1-2H3,(H,13,14). The first-order valence-corrected chi connectivity index (χ1v) is 4.26. The Morgan fingerprint density at radius 1 is 1.43 bits per heavy atom. The average molecular weight is 194 g/mol. The van der Waals surface area contributed by atoms with Crippen LogP contribution in [-0.2, 0) is 6.54 Å². The van der Waals surface area contributed by atoms with Crippen LogP contribution in [0.5, 0.6) is 0 Å². The third-order valence-electron chi connectivity index (χ3n) is 1.76. The second-order valence-corrected chi connectivity index (χ2v) is 3.51. The topological polar surface area (TPSA) is 66.6 Å². The van der Waals surface area contributed by atoms with Gasteiger partial charge in [-0.05, 0) is 37.9 Å². The highest BCUT2D eigenvalue weighted by Crippen LogP contribution is 2.13. The number of benzene rings is 1. The lowest BCUT2D eigenvalue weighted by molar-refractivity contribution is 0.0696. The van der Waals surface area contributed by atoms with Gasteiger partial charge in [0.25, 0.3) is 0 Å². The van der Waals surface area contributed by atoms with Crippen molar-refractivity contribution >= 4 is 11.7 Å². The van der Waals surface area contributed by atoms with Gasteiger partial charge in [-0.25, -0.2) is 4.79 Å². The van der Waals surface area contributed by atoms with E-state index < -0.39 is 5.97 Å². The van der Waals surface area contributed by atoms with E-state index in [0.717, 1.165) is 5.56 Å². The zero-order valence-electron chi connectivity index (χ0n) is 8.32. The number of nitrogens with two attached hydrogens (primary N) is 1. The van der Waals surface area contributed by atoms with Gasteiger partial charge in [-0.2, -0.15) is 0 Å². The van der Waals surface area contributed by atoms with Gasteiger partial charge in [0.1, 0.15) is 0 Å². The van der Waals surface area contributed by atoms with E-state index in [9.17, 15) is 4.79 Å². The molecule has 76 valence electrons. The highest BCUT2D eigenvalue weighted by molar-refractivity contribution is 5.89. The molecule has 4 heteroatoms. The van der Waals surface area contributed by atoms with Crippen molar-refractivity contribution in [3.63, 3.8) is 0 Å². The van der Waals surface area contributed by atoms with Gasteiger partial charge in [-0.15, -0.1) is 0 Å². The number of carboxylic acids is 1. The van der Waals surface area contributed by atoms with Crippen LogP contribution in [0.2, 0.25) is 0 Å². The van der Waals surface area contributed by atoms with Crippen molar-refractivity contribution in [1.82, 2.24) is 4.90 Å². The van der Waals surface area contributed by atoms with Crippen molar-refractivity contribution in [2.45, 2.75) is 6.54 Å². The molecule has 0 aliphatic rings. The largest absolute Gasteiger partial charge is 0.478 e. The van der Waals surface area contributed by atoms with E-state index in [1.807, 2.05) is 19.0 Å². The first-order valence-electron chi connectivity index (χ1n) is 4.26. The third-order valence-corrected chi connectivity index (χ3v) is 1.76. The molecule has 0 aliphatic heterocycles. The molecule has 0 heterocycles. The summed E-state index contributed by atoms with van der Waals surface area (Å²) in [6.45, 7) is 0.686. The average Bonchev–Trinajstić information content (AvgIpc) is 2.01. The maximum atomic E-state index is 10.7. The second-order valence-electron chi connectivity index (χ2n) is 3.51. The SMILES string of the molecule is CN(C)Cc1cc(N)cc(C(=O)O)c1. The molecule has 3 N–H and O–H groups in total. The van der Waals surface area contributed by atoms with Crippen molar-refractivity contribution in [3.8, 4) is 0 Å². The van der Waals surface area contributed by atoms with Crippen LogP contribution in [0.25, 0.3) is 0 Å². The minimum atomic E-state index is -0.947. The predicted molar refractivity (Wildman–Crippen MR) is 55.2 cm³/mol. The van der Waals surface area contributed by atoms with Gasteiger partial charge in [0, 0.05) is 12.2 Å². The van der Waals surface area contributed by atoms with Gasteiger partial charge in [0.15, 0.2) is 0 Å². The molecule has 0 atom stereocenters. The van der Waals surface area contributed by atoms with E-state index in [0.29, 0.717) is 12.2 Å². The molecular weight excluding hydrogens is 180 g/mol. The molecule has 0 unspecified atom stereocenters. The van der Waals surface area contributed by atoms with Gasteiger partial charge >= 0.3 is 5.97 Å². The van der Waals surface area contributed by atoms with Crippen molar-refractivity contribution in [3.05, 3.63) is 29.3 Å². The van der Waals surface area contributed by atoms with E-state index >= 15 is 0 Å². The Hall–Kier alpha value is -1.55. The Kier molecular flexibility index (Phi) is 3.09. The summed E-state index contributed by atoms with van der Waals surface area (Å²) in [5, 5.41) is 8.80. The van der Waals surface area contributed by atoms with E-state index in [1.54, 1.807) is 12.1 Å². The molecule has 4 nitrogen and oxygen atoms in total. The molecule has 1 aromatic carbocycles. The van der Waals surface area contributed by atoms with Crippen molar-refractivity contribution < 1.29 is 9.90 Å². The molecule has 0 aromatic heterocycles. The van der Waals surface area contributed by atoms with Gasteiger partial charge < -0.3 is 15.7 Å². The third kappa shape index (κ3) is 2.74. The van der Waals surface area contributed by atoms with Crippen LogP contribution in [0.15, 0.2) is 18.2 Å². The summed E-state index contributed by atoms with van der Waals surface area (Å²) in [4.78, 5) is 12.7. The van der Waals surface area contributed by atoms with Gasteiger partial charge in [-0.3, -0.25) is 0 Å². The van der Waals surface area contributed by atoms with E-state index in [1.165, 1.54) is 6.07 Å². The molecule has 0 spiro atoms. The Morgan fingerprint density at radius 3 is 2.57 bits per heavy atom. The fourth-order valence-electron chi connectivity index (χ4n) is 1.30. The molecule has 0 bridgehead atoms. The zero-order valence-corrected chi connectivity index (χ0v) is 8.32. The lowest BCUT2D eigenvalue weighted by Crippen LogP contribution is -2.11. The summed E-state index contributed by atoms with van der Waals surface area (Å²) < 4.78 is 0. The molecular formula is C10H14N2O2. The monoisotopic (exact) mass is 194 g/mol. The summed E-state index contributed by atoms with van der Waals surface area (Å²) >= 11 is 0. The van der Waals surface area contributed by atoms with Gasteiger partial charge in [0.2, 0.25) is 0 Å². The molecule has 0 saturated carbocycles. The highest BCUT2D eigenvalue weighted by Gasteiger charge is 2.05. The van der Waals surface area contributed by atoms with Crippen LogP contribution in [0, 0.1) is 0 Å². The maximum Gasteiger partial charge on any atom is 0.335 e. The summed E-state index contributed by atoms with van der Waals surface area (Å²) in [5.74, 6) is -0.947. The Labute approximate surface area is 82.9 Å². The Morgan fingerprint density at radius 2 is 2.07 bits per heavy atom. The van der Waals surface area contributed by atoms with Crippen molar-refractivity contribution in [2.75, 3.05) is 19.8 Å². The number of hydrogen-bond acceptors (Lipinski definition) is 3. The molecule has 0 amide bonds. The molecule has 1 aromatic rings. The molecule has 0 saturated heterocycles. The zero-order chi connectivity index (χ0) is 10.7. The summed E-state index contributed by atoms with van der Waals surface area (Å²) in [6.07, 6.45) is 0. The van der Waals surface area contributed by atoms with Crippen LogP contribution in [0.3, 0.4) is 0 Å². The number of carboxylic acid groups (broad SMARTS) is 1. The first kappa shape index (κ1) is 10.5. The van der Waals surface area contributed by atoms with Crippen LogP contribution < -0.4 is 5.73 Å². The molecule has 14 heavy (non-hydrogen) atoms. The fraction of sp³-hybridized carbons (Fsp3) is 0.300. The number of carbonyl (C=O) groups is 1. The Bertz CT molecular complexity index is 348.